The van der Waals surface area contributed by atoms with Crippen LogP contribution in [0, 0.1) is 11.3 Å². The van der Waals surface area contributed by atoms with E-state index in [-0.39, 0.29) is 0 Å². The number of hydrogen-bond donors (Lipinski definition) is 0. The fraction of sp³-hybridized carbons (Fsp3) is 0.933. The first-order valence-electron chi connectivity index (χ1n) is 15.6. The lowest BCUT2D eigenvalue weighted by molar-refractivity contribution is 0.131. The summed E-state index contributed by atoms with van der Waals surface area (Å²) < 4.78 is 6.41. The zero-order valence-electron chi connectivity index (χ0n) is 23.5. The molecule has 0 aromatic carbocycles. The zero-order valence-corrected chi connectivity index (χ0v) is 25.4. The van der Waals surface area contributed by atoms with E-state index in [0.29, 0.717) is 0 Å². The molecular formula is C30H56N3PSi. The second-order valence-electron chi connectivity index (χ2n) is 13.7. The normalized spacial score (nSPS) is 25.1. The molecule has 0 bridgehead atoms. The van der Waals surface area contributed by atoms with Gasteiger partial charge in [-0.15, -0.1) is 0 Å². The van der Waals surface area contributed by atoms with Crippen molar-refractivity contribution in [3.05, 3.63) is 0 Å². The molecule has 0 atom stereocenters. The number of nitrogens with zero attached hydrogens (tertiary/aromatic N) is 3. The Balaban J connectivity index is 1.88. The Morgan fingerprint density at radius 1 is 0.600 bits per heavy atom. The molecule has 0 radical (unpaired) electrons. The summed E-state index contributed by atoms with van der Waals surface area (Å²) in [6.45, 7) is 7.81. The SMILES string of the molecule is C[Si](C)(C)CP(=CC#N)(N(C1CCCCC1)C1CCCCC1)N(C1CCCCC1)C1CCCCC1. The minimum Gasteiger partial charge on any atom is -0.265 e. The number of nitriles is 1. The predicted octanol–water partition coefficient (Wildman–Crippen LogP) is 8.97. The number of rotatable bonds is 8. The maximum Gasteiger partial charge on any atom is 0.0939 e. The second-order valence-corrected chi connectivity index (χ2v) is 22.8. The molecule has 0 spiro atoms. The Kier molecular flexibility index (Phi) is 10.5. The van der Waals surface area contributed by atoms with Gasteiger partial charge in [0.1, 0.15) is 0 Å². The average molecular weight is 518 g/mol. The van der Waals surface area contributed by atoms with E-state index in [1.165, 1.54) is 134 Å². The lowest BCUT2D eigenvalue weighted by Gasteiger charge is -2.59. The van der Waals surface area contributed by atoms with Crippen LogP contribution in [-0.2, 0) is 0 Å². The molecule has 35 heavy (non-hydrogen) atoms. The van der Waals surface area contributed by atoms with Crippen LogP contribution >= 0.6 is 7.19 Å². The lowest BCUT2D eigenvalue weighted by atomic mass is 9.90. The van der Waals surface area contributed by atoms with Crippen molar-refractivity contribution >= 4 is 21.1 Å². The third-order valence-corrected chi connectivity index (χ3v) is 18.7. The molecule has 0 aliphatic heterocycles. The highest BCUT2D eigenvalue weighted by Crippen LogP contribution is 2.63. The van der Waals surface area contributed by atoms with Crippen molar-refractivity contribution in [2.75, 3.05) is 5.79 Å². The molecule has 0 aromatic rings. The van der Waals surface area contributed by atoms with E-state index >= 15 is 0 Å². The van der Waals surface area contributed by atoms with Gasteiger partial charge < -0.3 is 0 Å². The first-order valence-corrected chi connectivity index (χ1v) is 21.3. The van der Waals surface area contributed by atoms with Gasteiger partial charge in [0.25, 0.3) is 0 Å². The highest BCUT2D eigenvalue weighted by atomic mass is 31.2. The van der Waals surface area contributed by atoms with Crippen LogP contribution in [0.1, 0.15) is 128 Å². The molecule has 4 aliphatic carbocycles. The van der Waals surface area contributed by atoms with E-state index in [0.717, 1.165) is 24.2 Å². The first kappa shape index (κ1) is 27.9. The van der Waals surface area contributed by atoms with E-state index in [2.05, 4.69) is 40.8 Å². The largest absolute Gasteiger partial charge is 0.265 e. The minimum atomic E-state index is -1.87. The van der Waals surface area contributed by atoms with E-state index in [1.807, 2.05) is 0 Å². The summed E-state index contributed by atoms with van der Waals surface area (Å²) >= 11 is 0. The molecule has 4 saturated carbocycles. The predicted molar refractivity (Wildman–Crippen MR) is 158 cm³/mol. The van der Waals surface area contributed by atoms with Crippen LogP contribution in [0.5, 0.6) is 0 Å². The topological polar surface area (TPSA) is 30.3 Å². The Bertz CT molecular complexity index is 650. The summed E-state index contributed by atoms with van der Waals surface area (Å²) in [4.78, 5) is 0. The fourth-order valence-corrected chi connectivity index (χ4v) is 19.5. The van der Waals surface area contributed by atoms with E-state index < -0.39 is 15.3 Å². The molecule has 3 nitrogen and oxygen atoms in total. The maximum absolute atomic E-state index is 10.6. The highest BCUT2D eigenvalue weighted by Gasteiger charge is 2.47. The molecular weight excluding hydrogens is 461 g/mol. The van der Waals surface area contributed by atoms with Gasteiger partial charge in [0, 0.05) is 37.2 Å². The molecule has 4 aliphatic rings. The van der Waals surface area contributed by atoms with E-state index in [1.54, 1.807) is 0 Å². The minimum absolute atomic E-state index is 0.718. The van der Waals surface area contributed by atoms with Gasteiger partial charge in [-0.05, 0) is 57.2 Å². The molecule has 5 heteroatoms. The Morgan fingerprint density at radius 2 is 0.886 bits per heavy atom. The standard InChI is InChI=1S/C30H56N3PSi/c1-35(2,3)26-34(25-24-31,32(27-16-8-4-9-17-27)28-18-10-5-11-19-28)33(29-20-12-6-13-21-29)30-22-14-7-15-23-30/h25,27-30H,4-23,26H2,1-3H3. The first-order chi connectivity index (χ1) is 16.9. The summed E-state index contributed by atoms with van der Waals surface area (Å²) in [6.07, 6.45) is 28.0. The number of hydrogen-bond acceptors (Lipinski definition) is 3. The van der Waals surface area contributed by atoms with Crippen molar-refractivity contribution in [1.82, 2.24) is 9.34 Å². The van der Waals surface area contributed by atoms with Crippen molar-refractivity contribution in [1.29, 1.82) is 5.26 Å². The zero-order chi connectivity index (χ0) is 24.7. The third-order valence-electron chi connectivity index (χ3n) is 9.57. The molecule has 0 saturated heterocycles. The molecule has 4 fully saturated rings. The van der Waals surface area contributed by atoms with Crippen LogP contribution in [0.3, 0.4) is 0 Å². The van der Waals surface area contributed by atoms with Gasteiger partial charge in [-0.3, -0.25) is 9.34 Å². The summed E-state index contributed by atoms with van der Waals surface area (Å²) in [5, 5.41) is 10.6. The van der Waals surface area contributed by atoms with Gasteiger partial charge in [-0.25, -0.2) is 0 Å². The Hall–Kier alpha value is -0.0731. The lowest BCUT2D eigenvalue weighted by Crippen LogP contribution is -2.54. The molecule has 0 amide bonds. The molecule has 0 aromatic heterocycles. The average Bonchev–Trinajstić information content (AvgIpc) is 2.86. The van der Waals surface area contributed by atoms with Crippen LogP contribution in [-0.4, -0.2) is 53.2 Å². The van der Waals surface area contributed by atoms with Crippen molar-refractivity contribution in [3.8, 4) is 6.07 Å². The summed E-state index contributed by atoms with van der Waals surface area (Å²) in [7, 11) is -3.30. The fourth-order valence-electron chi connectivity index (χ4n) is 8.36. The smallest absolute Gasteiger partial charge is 0.0939 e. The van der Waals surface area contributed by atoms with Crippen molar-refractivity contribution in [3.63, 3.8) is 0 Å². The summed E-state index contributed by atoms with van der Waals surface area (Å²) in [5.74, 6) is 3.69. The molecule has 200 valence electrons. The Labute approximate surface area is 219 Å². The van der Waals surface area contributed by atoms with Gasteiger partial charge in [-0.2, -0.15) is 5.26 Å². The van der Waals surface area contributed by atoms with Crippen LogP contribution in [0.4, 0.5) is 0 Å². The van der Waals surface area contributed by atoms with E-state index in [4.69, 9.17) is 0 Å². The van der Waals surface area contributed by atoms with Gasteiger partial charge in [-0.1, -0.05) is 96.7 Å². The monoisotopic (exact) mass is 517 g/mol. The third kappa shape index (κ3) is 7.07. The van der Waals surface area contributed by atoms with Gasteiger partial charge >= 0.3 is 0 Å². The molecule has 4 rings (SSSR count). The second kappa shape index (κ2) is 13.1. The molecule has 0 heterocycles. The van der Waals surface area contributed by atoms with Gasteiger partial charge in [0.15, 0.2) is 0 Å². The Morgan fingerprint density at radius 3 is 1.11 bits per heavy atom. The quantitative estimate of drug-likeness (QED) is 0.238. The van der Waals surface area contributed by atoms with Crippen LogP contribution < -0.4 is 0 Å². The summed E-state index contributed by atoms with van der Waals surface area (Å²) in [5.41, 5.74) is 0. The molecule has 0 unspecified atom stereocenters. The van der Waals surface area contributed by atoms with Crippen molar-refractivity contribution in [2.24, 2.45) is 0 Å². The van der Waals surface area contributed by atoms with Crippen LogP contribution in [0.25, 0.3) is 0 Å². The van der Waals surface area contributed by atoms with Crippen molar-refractivity contribution < 1.29 is 0 Å². The van der Waals surface area contributed by atoms with Crippen LogP contribution in [0.15, 0.2) is 0 Å². The summed E-state index contributed by atoms with van der Waals surface area (Å²) in [6, 6.07) is 5.69. The van der Waals surface area contributed by atoms with Gasteiger partial charge in [0.05, 0.1) is 14.1 Å². The van der Waals surface area contributed by atoms with Crippen LogP contribution in [0.2, 0.25) is 19.6 Å². The highest BCUT2D eigenvalue weighted by molar-refractivity contribution is 7.73. The van der Waals surface area contributed by atoms with Gasteiger partial charge in [0.2, 0.25) is 0 Å². The molecule has 0 N–H and O–H groups in total. The maximum atomic E-state index is 10.6. The van der Waals surface area contributed by atoms with E-state index in [9.17, 15) is 5.26 Å². The van der Waals surface area contributed by atoms with Crippen molar-refractivity contribution in [2.45, 2.75) is 172 Å².